The van der Waals surface area contributed by atoms with Crippen LogP contribution >= 0.6 is 27.7 Å². The van der Waals surface area contributed by atoms with E-state index >= 15 is 0 Å². The van der Waals surface area contributed by atoms with Crippen LogP contribution in [0, 0.1) is 0 Å². The van der Waals surface area contributed by atoms with Gasteiger partial charge in [-0.2, -0.15) is 0 Å². The van der Waals surface area contributed by atoms with Gasteiger partial charge in [-0.15, -0.1) is 0 Å². The van der Waals surface area contributed by atoms with Crippen LogP contribution in [0.3, 0.4) is 0 Å². The van der Waals surface area contributed by atoms with Crippen molar-refractivity contribution in [2.75, 3.05) is 6.54 Å². The quantitative estimate of drug-likeness (QED) is 0.896. The van der Waals surface area contributed by atoms with Crippen molar-refractivity contribution >= 4 is 27.7 Å². The molecule has 1 aromatic carbocycles. The van der Waals surface area contributed by atoms with Gasteiger partial charge in [-0.1, -0.05) is 46.7 Å². The molecular weight excluding hydrogens is 308 g/mol. The average molecular weight is 323 g/mol. The molecule has 2 nitrogen and oxygen atoms in total. The van der Waals surface area contributed by atoms with Crippen LogP contribution in [-0.4, -0.2) is 11.5 Å². The van der Waals surface area contributed by atoms with Crippen molar-refractivity contribution in [3.05, 3.63) is 52.6 Å². The van der Waals surface area contributed by atoms with Gasteiger partial charge in [0.25, 0.3) is 0 Å². The molecule has 0 spiro atoms. The van der Waals surface area contributed by atoms with E-state index in [2.05, 4.69) is 51.4 Å². The molecule has 4 heteroatoms. The summed E-state index contributed by atoms with van der Waals surface area (Å²) in [4.78, 5) is 5.51. The molecular formula is C14H15BrN2S. The van der Waals surface area contributed by atoms with Gasteiger partial charge >= 0.3 is 0 Å². The normalized spacial score (nSPS) is 10.6. The summed E-state index contributed by atoms with van der Waals surface area (Å²) in [5.41, 5.74) is 1.28. The maximum atomic E-state index is 4.31. The van der Waals surface area contributed by atoms with Gasteiger partial charge in [0.2, 0.25) is 0 Å². The van der Waals surface area contributed by atoms with Crippen molar-refractivity contribution in [3.8, 4) is 0 Å². The summed E-state index contributed by atoms with van der Waals surface area (Å²) in [6.07, 6.45) is 1.82. The topological polar surface area (TPSA) is 24.9 Å². The Morgan fingerprint density at radius 1 is 1.28 bits per heavy atom. The predicted molar refractivity (Wildman–Crippen MR) is 79.9 cm³/mol. The standard InChI is InChI=1S/C14H15BrN2S/c1-2-16-10-11-6-7-12(9-13(11)15)18-14-5-3-4-8-17-14/h3-9,16H,2,10H2,1H3. The van der Waals surface area contributed by atoms with Crippen LogP contribution in [0.25, 0.3) is 0 Å². The molecule has 0 fully saturated rings. The zero-order valence-electron chi connectivity index (χ0n) is 10.2. The third-order valence-corrected chi connectivity index (χ3v) is 4.13. The number of pyridine rings is 1. The summed E-state index contributed by atoms with van der Waals surface area (Å²) in [5.74, 6) is 0. The number of nitrogens with one attached hydrogen (secondary N) is 1. The zero-order valence-corrected chi connectivity index (χ0v) is 12.6. The maximum Gasteiger partial charge on any atom is 0.101 e. The van der Waals surface area contributed by atoms with E-state index < -0.39 is 0 Å². The summed E-state index contributed by atoms with van der Waals surface area (Å²) in [6, 6.07) is 12.4. The second-order valence-corrected chi connectivity index (χ2v) is 5.75. The first kappa shape index (κ1) is 13.6. The third-order valence-electron chi connectivity index (χ3n) is 2.45. The molecule has 94 valence electrons. The largest absolute Gasteiger partial charge is 0.313 e. The first-order valence-corrected chi connectivity index (χ1v) is 7.48. The van der Waals surface area contributed by atoms with Gasteiger partial charge in [0.05, 0.1) is 0 Å². The fourth-order valence-electron chi connectivity index (χ4n) is 1.52. The van der Waals surface area contributed by atoms with Crippen molar-refractivity contribution in [3.63, 3.8) is 0 Å². The van der Waals surface area contributed by atoms with E-state index in [1.165, 1.54) is 10.5 Å². The SMILES string of the molecule is CCNCc1ccc(Sc2ccccn2)cc1Br. The van der Waals surface area contributed by atoms with Crippen LogP contribution in [0.15, 0.2) is 57.0 Å². The molecule has 1 aromatic heterocycles. The number of nitrogens with zero attached hydrogens (tertiary/aromatic N) is 1. The van der Waals surface area contributed by atoms with Crippen LogP contribution in [0.4, 0.5) is 0 Å². The van der Waals surface area contributed by atoms with Crippen molar-refractivity contribution in [1.29, 1.82) is 0 Å². The van der Waals surface area contributed by atoms with Crippen molar-refractivity contribution in [2.45, 2.75) is 23.4 Å². The third kappa shape index (κ3) is 3.83. The Bertz CT molecular complexity index is 502. The molecule has 0 amide bonds. The first-order valence-electron chi connectivity index (χ1n) is 5.87. The molecule has 0 radical (unpaired) electrons. The smallest absolute Gasteiger partial charge is 0.101 e. The van der Waals surface area contributed by atoms with E-state index in [9.17, 15) is 0 Å². The first-order chi connectivity index (χ1) is 8.79. The highest BCUT2D eigenvalue weighted by molar-refractivity contribution is 9.10. The number of hydrogen-bond acceptors (Lipinski definition) is 3. The van der Waals surface area contributed by atoms with Gasteiger partial charge in [-0.05, 0) is 36.4 Å². The lowest BCUT2D eigenvalue weighted by molar-refractivity contribution is 0.724. The molecule has 0 saturated carbocycles. The molecule has 0 unspecified atom stereocenters. The molecule has 1 N–H and O–H groups in total. The molecule has 0 atom stereocenters. The van der Waals surface area contributed by atoms with E-state index in [-0.39, 0.29) is 0 Å². The van der Waals surface area contributed by atoms with Gasteiger partial charge in [0.15, 0.2) is 0 Å². The van der Waals surface area contributed by atoms with Gasteiger partial charge in [-0.3, -0.25) is 0 Å². The molecule has 0 aliphatic rings. The van der Waals surface area contributed by atoms with Crippen LogP contribution in [0.5, 0.6) is 0 Å². The molecule has 0 aliphatic heterocycles. The summed E-state index contributed by atoms with van der Waals surface area (Å²) in [7, 11) is 0. The fraction of sp³-hybridized carbons (Fsp3) is 0.214. The zero-order chi connectivity index (χ0) is 12.8. The lowest BCUT2D eigenvalue weighted by atomic mass is 10.2. The van der Waals surface area contributed by atoms with Gasteiger partial charge in [0, 0.05) is 22.1 Å². The molecule has 2 aromatic rings. The minimum atomic E-state index is 0.894. The number of rotatable bonds is 5. The summed E-state index contributed by atoms with van der Waals surface area (Å²) < 4.78 is 1.14. The van der Waals surface area contributed by atoms with Crippen molar-refractivity contribution in [1.82, 2.24) is 10.3 Å². The number of hydrogen-bond donors (Lipinski definition) is 1. The molecule has 1 heterocycles. The highest BCUT2D eigenvalue weighted by atomic mass is 79.9. The second kappa shape index (κ2) is 6.92. The maximum absolute atomic E-state index is 4.31. The lowest BCUT2D eigenvalue weighted by Gasteiger charge is -2.07. The van der Waals surface area contributed by atoms with Crippen molar-refractivity contribution in [2.24, 2.45) is 0 Å². The van der Waals surface area contributed by atoms with Crippen LogP contribution in [0.1, 0.15) is 12.5 Å². The Morgan fingerprint density at radius 2 is 2.17 bits per heavy atom. The predicted octanol–water partition coefficient (Wildman–Crippen LogP) is 4.10. The average Bonchev–Trinajstić information content (AvgIpc) is 2.39. The van der Waals surface area contributed by atoms with E-state index in [0.717, 1.165) is 22.6 Å². The minimum Gasteiger partial charge on any atom is -0.313 e. The highest BCUT2D eigenvalue weighted by Crippen LogP contribution is 2.29. The van der Waals surface area contributed by atoms with E-state index in [4.69, 9.17) is 0 Å². The Morgan fingerprint density at radius 3 is 2.83 bits per heavy atom. The number of benzene rings is 1. The lowest BCUT2D eigenvalue weighted by Crippen LogP contribution is -2.11. The Balaban J connectivity index is 2.09. The molecule has 0 aliphatic carbocycles. The number of aromatic nitrogens is 1. The Hall–Kier alpha value is -0.840. The number of halogens is 1. The van der Waals surface area contributed by atoms with Crippen LogP contribution < -0.4 is 5.32 Å². The van der Waals surface area contributed by atoms with Crippen molar-refractivity contribution < 1.29 is 0 Å². The molecule has 0 bridgehead atoms. The van der Waals surface area contributed by atoms with Gasteiger partial charge < -0.3 is 5.32 Å². The van der Waals surface area contributed by atoms with Crippen LogP contribution in [0.2, 0.25) is 0 Å². The fourth-order valence-corrected chi connectivity index (χ4v) is 3.01. The molecule has 18 heavy (non-hydrogen) atoms. The Kier molecular flexibility index (Phi) is 5.23. The summed E-state index contributed by atoms with van der Waals surface area (Å²) >= 11 is 5.29. The summed E-state index contributed by atoms with van der Waals surface area (Å²) in [5, 5.41) is 4.34. The van der Waals surface area contributed by atoms with E-state index in [1.54, 1.807) is 11.8 Å². The summed E-state index contributed by atoms with van der Waals surface area (Å²) in [6.45, 7) is 3.99. The molecule has 0 saturated heterocycles. The van der Waals surface area contributed by atoms with E-state index in [0.29, 0.717) is 0 Å². The highest BCUT2D eigenvalue weighted by Gasteiger charge is 2.03. The van der Waals surface area contributed by atoms with E-state index in [1.807, 2.05) is 24.4 Å². The monoisotopic (exact) mass is 322 g/mol. The minimum absolute atomic E-state index is 0.894. The van der Waals surface area contributed by atoms with Gasteiger partial charge in [-0.25, -0.2) is 4.98 Å². The molecule has 2 rings (SSSR count). The van der Waals surface area contributed by atoms with Gasteiger partial charge in [0.1, 0.15) is 5.03 Å². The second-order valence-electron chi connectivity index (χ2n) is 3.80. The Labute approximate surface area is 120 Å². The van der Waals surface area contributed by atoms with Crippen LogP contribution in [-0.2, 0) is 6.54 Å².